The van der Waals surface area contributed by atoms with Crippen LogP contribution in [0.4, 0.5) is 5.69 Å². The molecule has 3 N–H and O–H groups in total. The number of fused-ring (bicyclic) bond motifs is 1. The van der Waals surface area contributed by atoms with Gasteiger partial charge in [-0.2, -0.15) is 0 Å². The minimum atomic E-state index is -0.544. The zero-order valence-electron chi connectivity index (χ0n) is 17.4. The largest absolute Gasteiger partial charge is 0.457 e. The van der Waals surface area contributed by atoms with E-state index in [1.165, 1.54) is 0 Å². The zero-order chi connectivity index (χ0) is 22.3. The first kappa shape index (κ1) is 21.2. The van der Waals surface area contributed by atoms with Crippen LogP contribution in [0.3, 0.4) is 0 Å². The second-order valence-electron chi connectivity index (χ2n) is 7.40. The average Bonchev–Trinajstić information content (AvgIpc) is 2.84. The first-order valence-corrected chi connectivity index (χ1v) is 10.3. The van der Waals surface area contributed by atoms with Crippen LogP contribution in [0.15, 0.2) is 91.3 Å². The summed E-state index contributed by atoms with van der Waals surface area (Å²) in [6.07, 6.45) is 3.49. The molecule has 6 nitrogen and oxygen atoms in total. The number of carbonyl (C=O) groups is 2. The standard InChI is InChI=1S/C26H23N3O3/c27-15-24(25(30)29-23-11-10-22-16-28-13-12-21(22)14-23)19-6-8-20(9-7-19)26(31)32-17-18-4-2-1-3-5-18/h1-14,16,24H,15,17,27H2,(H,29,30)/t24-/m1/s1. The first-order valence-electron chi connectivity index (χ1n) is 10.3. The number of ether oxygens (including phenoxy) is 1. The van der Waals surface area contributed by atoms with Crippen molar-refractivity contribution in [2.75, 3.05) is 11.9 Å². The molecule has 0 saturated carbocycles. The molecule has 0 bridgehead atoms. The number of amides is 1. The zero-order valence-corrected chi connectivity index (χ0v) is 17.4. The Morgan fingerprint density at radius 2 is 1.72 bits per heavy atom. The SMILES string of the molecule is NC[C@@H](C(=O)Nc1ccc2cnccc2c1)c1ccc(C(=O)OCc2ccccc2)cc1. The van der Waals surface area contributed by atoms with E-state index in [1.54, 1.807) is 36.7 Å². The summed E-state index contributed by atoms with van der Waals surface area (Å²) >= 11 is 0. The van der Waals surface area contributed by atoms with Crippen LogP contribution in [-0.4, -0.2) is 23.4 Å². The first-order chi connectivity index (χ1) is 15.6. The molecule has 0 aliphatic heterocycles. The number of carbonyl (C=O) groups excluding carboxylic acids is 2. The Balaban J connectivity index is 1.41. The van der Waals surface area contributed by atoms with Crippen molar-refractivity contribution in [2.45, 2.75) is 12.5 Å². The molecule has 0 spiro atoms. The van der Waals surface area contributed by atoms with E-state index in [0.29, 0.717) is 11.3 Å². The third-order valence-electron chi connectivity index (χ3n) is 5.22. The summed E-state index contributed by atoms with van der Waals surface area (Å²) in [6, 6.07) is 23.8. The number of pyridine rings is 1. The van der Waals surface area contributed by atoms with Crippen molar-refractivity contribution < 1.29 is 14.3 Å². The number of nitrogens with two attached hydrogens (primary N) is 1. The molecule has 0 aliphatic rings. The summed E-state index contributed by atoms with van der Waals surface area (Å²) in [6.45, 7) is 0.345. The van der Waals surface area contributed by atoms with E-state index in [2.05, 4.69) is 10.3 Å². The Bertz CT molecular complexity index is 1220. The maximum absolute atomic E-state index is 12.9. The summed E-state index contributed by atoms with van der Waals surface area (Å²) in [4.78, 5) is 29.3. The van der Waals surface area contributed by atoms with Gasteiger partial charge in [-0.15, -0.1) is 0 Å². The lowest BCUT2D eigenvalue weighted by Crippen LogP contribution is -2.27. The van der Waals surface area contributed by atoms with Crippen LogP contribution in [-0.2, 0) is 16.1 Å². The molecule has 160 valence electrons. The normalized spacial score (nSPS) is 11.7. The Morgan fingerprint density at radius 1 is 0.938 bits per heavy atom. The third-order valence-corrected chi connectivity index (χ3v) is 5.22. The van der Waals surface area contributed by atoms with Crippen LogP contribution >= 0.6 is 0 Å². The van der Waals surface area contributed by atoms with Gasteiger partial charge in [0.2, 0.25) is 5.91 Å². The fraction of sp³-hybridized carbons (Fsp3) is 0.115. The molecule has 0 radical (unpaired) electrons. The van der Waals surface area contributed by atoms with Gasteiger partial charge in [0.15, 0.2) is 0 Å². The molecule has 4 aromatic rings. The summed E-state index contributed by atoms with van der Waals surface area (Å²) in [5.41, 5.74) is 8.66. The molecule has 0 unspecified atom stereocenters. The Morgan fingerprint density at radius 3 is 2.47 bits per heavy atom. The quantitative estimate of drug-likeness (QED) is 0.431. The summed E-state index contributed by atoms with van der Waals surface area (Å²) < 4.78 is 5.36. The van der Waals surface area contributed by atoms with Gasteiger partial charge in [-0.05, 0) is 46.8 Å². The fourth-order valence-electron chi connectivity index (χ4n) is 3.44. The number of nitrogens with zero attached hydrogens (tertiary/aromatic N) is 1. The van der Waals surface area contributed by atoms with Crippen molar-refractivity contribution >= 4 is 28.3 Å². The topological polar surface area (TPSA) is 94.3 Å². The second kappa shape index (κ2) is 9.85. The lowest BCUT2D eigenvalue weighted by atomic mass is 9.97. The predicted octanol–water partition coefficient (Wildman–Crippen LogP) is 4.27. The van der Waals surface area contributed by atoms with E-state index in [1.807, 2.05) is 54.6 Å². The number of esters is 1. The van der Waals surface area contributed by atoms with E-state index in [0.717, 1.165) is 21.9 Å². The molecular weight excluding hydrogens is 402 g/mol. The van der Waals surface area contributed by atoms with E-state index >= 15 is 0 Å². The molecule has 3 aromatic carbocycles. The number of hydrogen-bond donors (Lipinski definition) is 2. The lowest BCUT2D eigenvalue weighted by molar-refractivity contribution is -0.117. The molecule has 0 saturated heterocycles. The van der Waals surface area contributed by atoms with Crippen molar-refractivity contribution in [3.05, 3.63) is 108 Å². The molecule has 1 amide bonds. The maximum atomic E-state index is 12.9. The van der Waals surface area contributed by atoms with Crippen molar-refractivity contribution in [3.63, 3.8) is 0 Å². The number of nitrogens with one attached hydrogen (secondary N) is 1. The number of aromatic nitrogens is 1. The van der Waals surface area contributed by atoms with Gasteiger partial charge in [0.25, 0.3) is 0 Å². The minimum Gasteiger partial charge on any atom is -0.457 e. The fourth-order valence-corrected chi connectivity index (χ4v) is 3.44. The van der Waals surface area contributed by atoms with Crippen LogP contribution in [0.1, 0.15) is 27.4 Å². The summed E-state index contributed by atoms with van der Waals surface area (Å²) in [7, 11) is 0. The van der Waals surface area contributed by atoms with Gasteiger partial charge in [-0.3, -0.25) is 9.78 Å². The molecule has 32 heavy (non-hydrogen) atoms. The third kappa shape index (κ3) is 4.99. The maximum Gasteiger partial charge on any atom is 0.338 e. The Labute approximate surface area is 186 Å². The average molecular weight is 425 g/mol. The molecule has 1 heterocycles. The minimum absolute atomic E-state index is 0.140. The highest BCUT2D eigenvalue weighted by Gasteiger charge is 2.20. The van der Waals surface area contributed by atoms with Gasteiger partial charge in [0.05, 0.1) is 11.5 Å². The van der Waals surface area contributed by atoms with Crippen LogP contribution in [0, 0.1) is 0 Å². The van der Waals surface area contributed by atoms with E-state index < -0.39 is 11.9 Å². The highest BCUT2D eigenvalue weighted by molar-refractivity contribution is 5.98. The van der Waals surface area contributed by atoms with Crippen LogP contribution < -0.4 is 11.1 Å². The van der Waals surface area contributed by atoms with Crippen molar-refractivity contribution in [1.82, 2.24) is 4.98 Å². The lowest BCUT2D eigenvalue weighted by Gasteiger charge is -2.16. The molecule has 4 rings (SSSR count). The number of anilines is 1. The second-order valence-corrected chi connectivity index (χ2v) is 7.40. The van der Waals surface area contributed by atoms with Gasteiger partial charge in [0, 0.05) is 30.0 Å². The number of rotatable bonds is 7. The summed E-state index contributed by atoms with van der Waals surface area (Å²) in [5.74, 6) is -1.17. The Hall–Kier alpha value is -4.03. The van der Waals surface area contributed by atoms with Crippen molar-refractivity contribution in [1.29, 1.82) is 0 Å². The molecule has 1 atom stereocenters. The van der Waals surface area contributed by atoms with Crippen LogP contribution in [0.25, 0.3) is 10.8 Å². The van der Waals surface area contributed by atoms with Crippen molar-refractivity contribution in [3.8, 4) is 0 Å². The van der Waals surface area contributed by atoms with Gasteiger partial charge in [-0.25, -0.2) is 4.79 Å². The highest BCUT2D eigenvalue weighted by Crippen LogP contribution is 2.22. The van der Waals surface area contributed by atoms with Gasteiger partial charge in [-0.1, -0.05) is 48.5 Å². The van der Waals surface area contributed by atoms with Crippen LogP contribution in [0.5, 0.6) is 0 Å². The van der Waals surface area contributed by atoms with E-state index in [-0.39, 0.29) is 19.1 Å². The summed E-state index contributed by atoms with van der Waals surface area (Å²) in [5, 5.41) is 4.91. The molecule has 1 aromatic heterocycles. The monoisotopic (exact) mass is 425 g/mol. The van der Waals surface area contributed by atoms with Gasteiger partial charge < -0.3 is 15.8 Å². The molecule has 0 aliphatic carbocycles. The number of benzene rings is 3. The van der Waals surface area contributed by atoms with Crippen LogP contribution in [0.2, 0.25) is 0 Å². The predicted molar refractivity (Wildman–Crippen MR) is 124 cm³/mol. The number of hydrogen-bond acceptors (Lipinski definition) is 5. The van der Waals surface area contributed by atoms with E-state index in [4.69, 9.17) is 10.5 Å². The molecule has 6 heteroatoms. The van der Waals surface area contributed by atoms with E-state index in [9.17, 15) is 9.59 Å². The van der Waals surface area contributed by atoms with Crippen molar-refractivity contribution in [2.24, 2.45) is 5.73 Å². The van der Waals surface area contributed by atoms with Gasteiger partial charge >= 0.3 is 5.97 Å². The highest BCUT2D eigenvalue weighted by atomic mass is 16.5. The molecule has 0 fully saturated rings. The smallest absolute Gasteiger partial charge is 0.338 e. The Kier molecular flexibility index (Phi) is 6.53. The van der Waals surface area contributed by atoms with Gasteiger partial charge in [0.1, 0.15) is 6.61 Å². The molecular formula is C26H23N3O3.